The van der Waals surface area contributed by atoms with Gasteiger partial charge in [-0.1, -0.05) is 78.9 Å². The van der Waals surface area contributed by atoms with E-state index in [-0.39, 0.29) is 5.91 Å². The SMILES string of the molecule is Cc1c(C(=O)N2CCC(Cc3ccccc3)CC2)cc(-c2ccccc2)n1-c1ccccc1. The van der Waals surface area contributed by atoms with Gasteiger partial charge < -0.3 is 9.47 Å². The molecule has 1 fully saturated rings. The lowest BCUT2D eigenvalue weighted by molar-refractivity contribution is 0.0690. The summed E-state index contributed by atoms with van der Waals surface area (Å²) in [6.07, 6.45) is 3.22. The first-order valence-electron chi connectivity index (χ1n) is 11.9. The van der Waals surface area contributed by atoms with Crippen LogP contribution in [0.3, 0.4) is 0 Å². The van der Waals surface area contributed by atoms with Gasteiger partial charge in [0, 0.05) is 24.5 Å². The van der Waals surface area contributed by atoms with E-state index in [4.69, 9.17) is 0 Å². The fourth-order valence-electron chi connectivity index (χ4n) is 5.01. The average molecular weight is 435 g/mol. The monoisotopic (exact) mass is 434 g/mol. The molecule has 3 aromatic carbocycles. The summed E-state index contributed by atoms with van der Waals surface area (Å²) < 4.78 is 2.21. The van der Waals surface area contributed by atoms with E-state index in [1.807, 2.05) is 41.3 Å². The lowest BCUT2D eigenvalue weighted by Crippen LogP contribution is -2.39. The second kappa shape index (κ2) is 9.50. The number of carbonyl (C=O) groups excluding carboxylic acids is 1. The van der Waals surface area contributed by atoms with Crippen LogP contribution in [-0.2, 0) is 6.42 Å². The molecule has 1 aliphatic heterocycles. The number of para-hydroxylation sites is 1. The molecule has 5 rings (SSSR count). The Morgan fingerprint density at radius 3 is 2.03 bits per heavy atom. The van der Waals surface area contributed by atoms with E-state index < -0.39 is 0 Å². The van der Waals surface area contributed by atoms with Gasteiger partial charge in [-0.25, -0.2) is 0 Å². The summed E-state index contributed by atoms with van der Waals surface area (Å²) in [5, 5.41) is 0. The predicted octanol–water partition coefficient (Wildman–Crippen LogP) is 6.55. The minimum atomic E-state index is 0.150. The number of hydrogen-bond donors (Lipinski definition) is 0. The number of carbonyl (C=O) groups is 1. The van der Waals surface area contributed by atoms with E-state index >= 15 is 0 Å². The maximum atomic E-state index is 13.6. The molecule has 0 unspecified atom stereocenters. The molecule has 3 heteroatoms. The van der Waals surface area contributed by atoms with Crippen LogP contribution in [0.25, 0.3) is 16.9 Å². The van der Waals surface area contributed by atoms with Gasteiger partial charge in [-0.05, 0) is 61.4 Å². The molecule has 2 heterocycles. The molecule has 1 aromatic heterocycles. The van der Waals surface area contributed by atoms with Gasteiger partial charge in [0.15, 0.2) is 0 Å². The molecule has 4 aromatic rings. The highest BCUT2D eigenvalue weighted by atomic mass is 16.2. The summed E-state index contributed by atoms with van der Waals surface area (Å²) in [4.78, 5) is 15.7. The largest absolute Gasteiger partial charge is 0.339 e. The van der Waals surface area contributed by atoms with Gasteiger partial charge in [-0.2, -0.15) is 0 Å². The molecule has 33 heavy (non-hydrogen) atoms. The first-order chi connectivity index (χ1) is 16.2. The highest BCUT2D eigenvalue weighted by Crippen LogP contribution is 2.31. The van der Waals surface area contributed by atoms with Crippen LogP contribution in [0.2, 0.25) is 0 Å². The zero-order chi connectivity index (χ0) is 22.6. The molecular weight excluding hydrogens is 404 g/mol. The molecule has 0 saturated carbocycles. The Balaban J connectivity index is 1.39. The van der Waals surface area contributed by atoms with Crippen LogP contribution in [0.4, 0.5) is 0 Å². The van der Waals surface area contributed by atoms with E-state index in [1.165, 1.54) is 5.56 Å². The summed E-state index contributed by atoms with van der Waals surface area (Å²) in [6.45, 7) is 3.72. The molecule has 0 N–H and O–H groups in total. The number of likely N-dealkylation sites (tertiary alicyclic amines) is 1. The van der Waals surface area contributed by atoms with Crippen LogP contribution in [0.15, 0.2) is 97.1 Å². The van der Waals surface area contributed by atoms with Crippen molar-refractivity contribution in [3.05, 3.63) is 114 Å². The number of amides is 1. The van der Waals surface area contributed by atoms with E-state index in [2.05, 4.69) is 72.2 Å². The van der Waals surface area contributed by atoms with Gasteiger partial charge >= 0.3 is 0 Å². The summed E-state index contributed by atoms with van der Waals surface area (Å²) in [7, 11) is 0. The van der Waals surface area contributed by atoms with Gasteiger partial charge in [-0.15, -0.1) is 0 Å². The zero-order valence-corrected chi connectivity index (χ0v) is 19.2. The predicted molar refractivity (Wildman–Crippen MR) is 135 cm³/mol. The van der Waals surface area contributed by atoms with Crippen molar-refractivity contribution in [3.63, 3.8) is 0 Å². The molecule has 3 nitrogen and oxygen atoms in total. The number of aromatic nitrogens is 1. The molecule has 0 bridgehead atoms. The van der Waals surface area contributed by atoms with Crippen molar-refractivity contribution in [2.45, 2.75) is 26.2 Å². The highest BCUT2D eigenvalue weighted by molar-refractivity contribution is 5.97. The summed E-state index contributed by atoms with van der Waals surface area (Å²) >= 11 is 0. The van der Waals surface area contributed by atoms with Crippen molar-refractivity contribution in [1.82, 2.24) is 9.47 Å². The molecule has 0 atom stereocenters. The van der Waals surface area contributed by atoms with Gasteiger partial charge in [-0.3, -0.25) is 4.79 Å². The van der Waals surface area contributed by atoms with Crippen LogP contribution in [0.5, 0.6) is 0 Å². The number of nitrogens with zero attached hydrogens (tertiary/aromatic N) is 2. The normalized spacial score (nSPS) is 14.4. The third kappa shape index (κ3) is 4.49. The number of benzene rings is 3. The second-order valence-corrected chi connectivity index (χ2v) is 8.99. The quantitative estimate of drug-likeness (QED) is 0.350. The first kappa shape index (κ1) is 21.3. The van der Waals surface area contributed by atoms with Crippen molar-refractivity contribution in [2.75, 3.05) is 13.1 Å². The maximum Gasteiger partial charge on any atom is 0.255 e. The van der Waals surface area contributed by atoms with Crippen LogP contribution < -0.4 is 0 Å². The molecule has 0 radical (unpaired) electrons. The lowest BCUT2D eigenvalue weighted by Gasteiger charge is -2.32. The molecule has 1 saturated heterocycles. The fraction of sp³-hybridized carbons (Fsp3) is 0.233. The second-order valence-electron chi connectivity index (χ2n) is 8.99. The van der Waals surface area contributed by atoms with Crippen LogP contribution in [-0.4, -0.2) is 28.5 Å². The summed E-state index contributed by atoms with van der Waals surface area (Å²) in [5.41, 5.74) is 6.45. The Kier molecular flexibility index (Phi) is 6.12. The highest BCUT2D eigenvalue weighted by Gasteiger charge is 2.27. The topological polar surface area (TPSA) is 25.2 Å². The van der Waals surface area contributed by atoms with E-state index in [0.717, 1.165) is 60.6 Å². The number of rotatable bonds is 5. The molecule has 0 spiro atoms. The van der Waals surface area contributed by atoms with E-state index in [1.54, 1.807) is 0 Å². The van der Waals surface area contributed by atoms with Crippen molar-refractivity contribution in [1.29, 1.82) is 0 Å². The van der Waals surface area contributed by atoms with Crippen molar-refractivity contribution in [2.24, 2.45) is 5.92 Å². The third-order valence-corrected chi connectivity index (χ3v) is 6.83. The van der Waals surface area contributed by atoms with E-state index in [0.29, 0.717) is 5.92 Å². The first-order valence-corrected chi connectivity index (χ1v) is 11.9. The number of piperidine rings is 1. The summed E-state index contributed by atoms with van der Waals surface area (Å²) in [6, 6.07) is 33.4. The maximum absolute atomic E-state index is 13.6. The smallest absolute Gasteiger partial charge is 0.255 e. The van der Waals surface area contributed by atoms with Crippen LogP contribution in [0, 0.1) is 12.8 Å². The minimum absolute atomic E-state index is 0.150. The zero-order valence-electron chi connectivity index (χ0n) is 19.2. The van der Waals surface area contributed by atoms with Crippen LogP contribution >= 0.6 is 0 Å². The lowest BCUT2D eigenvalue weighted by atomic mass is 9.90. The molecule has 1 aliphatic rings. The minimum Gasteiger partial charge on any atom is -0.339 e. The van der Waals surface area contributed by atoms with Crippen LogP contribution in [0.1, 0.15) is 34.5 Å². The van der Waals surface area contributed by atoms with Crippen molar-refractivity contribution in [3.8, 4) is 16.9 Å². The number of hydrogen-bond acceptors (Lipinski definition) is 1. The van der Waals surface area contributed by atoms with E-state index in [9.17, 15) is 4.79 Å². The molecular formula is C30H30N2O. The third-order valence-electron chi connectivity index (χ3n) is 6.83. The van der Waals surface area contributed by atoms with Gasteiger partial charge in [0.25, 0.3) is 5.91 Å². The standard InChI is InChI=1S/C30H30N2O/c1-23-28(30(33)31-19-17-25(18-20-31)21-24-11-5-2-6-12-24)22-29(26-13-7-3-8-14-26)32(23)27-15-9-4-10-16-27/h2-16,22,25H,17-21H2,1H3. The fourth-order valence-corrected chi connectivity index (χ4v) is 5.01. The Bertz CT molecular complexity index is 1200. The van der Waals surface area contributed by atoms with Crippen molar-refractivity contribution < 1.29 is 4.79 Å². The Labute approximate surface area is 196 Å². The Morgan fingerprint density at radius 1 is 0.818 bits per heavy atom. The Morgan fingerprint density at radius 2 is 1.39 bits per heavy atom. The average Bonchev–Trinajstić information content (AvgIpc) is 3.23. The van der Waals surface area contributed by atoms with Crippen molar-refractivity contribution >= 4 is 5.91 Å². The van der Waals surface area contributed by atoms with Gasteiger partial charge in [0.05, 0.1) is 11.3 Å². The molecule has 1 amide bonds. The van der Waals surface area contributed by atoms with Gasteiger partial charge in [0.1, 0.15) is 0 Å². The molecule has 0 aliphatic carbocycles. The summed E-state index contributed by atoms with van der Waals surface area (Å²) in [5.74, 6) is 0.795. The Hall–Kier alpha value is -3.59. The van der Waals surface area contributed by atoms with Gasteiger partial charge in [0.2, 0.25) is 0 Å². The molecule has 166 valence electrons.